The Kier molecular flexibility index (Phi) is 8.55. The van der Waals surface area contributed by atoms with Crippen molar-refractivity contribution in [1.82, 2.24) is 10.2 Å². The highest BCUT2D eigenvalue weighted by atomic mass is 35.5. The molecule has 3 amide bonds. The Labute approximate surface area is 199 Å². The van der Waals surface area contributed by atoms with Crippen molar-refractivity contribution in [1.29, 1.82) is 0 Å². The zero-order valence-electron chi connectivity index (χ0n) is 19.4. The van der Waals surface area contributed by atoms with E-state index in [4.69, 9.17) is 21.1 Å². The molecule has 0 radical (unpaired) electrons. The van der Waals surface area contributed by atoms with Crippen LogP contribution < -0.4 is 20.7 Å². The first kappa shape index (κ1) is 24.8. The quantitative estimate of drug-likeness (QED) is 0.623. The zero-order valence-corrected chi connectivity index (χ0v) is 20.1. The number of hydrogen-bond acceptors (Lipinski definition) is 5. The minimum Gasteiger partial charge on any atom is -0.491 e. The van der Waals surface area contributed by atoms with Crippen LogP contribution in [0.2, 0.25) is 5.02 Å². The maximum Gasteiger partial charge on any atom is 0.323 e. The van der Waals surface area contributed by atoms with Crippen LogP contribution >= 0.6 is 11.6 Å². The van der Waals surface area contributed by atoms with Gasteiger partial charge in [-0.15, -0.1) is 0 Å². The van der Waals surface area contributed by atoms with E-state index in [1.165, 1.54) is 0 Å². The summed E-state index contributed by atoms with van der Waals surface area (Å²) in [4.78, 5) is 27.3. The summed E-state index contributed by atoms with van der Waals surface area (Å²) in [5, 5.41) is 9.36. The van der Waals surface area contributed by atoms with E-state index in [1.54, 1.807) is 61.5 Å². The van der Waals surface area contributed by atoms with Crippen molar-refractivity contribution in [2.75, 3.05) is 44.5 Å². The van der Waals surface area contributed by atoms with E-state index in [9.17, 15) is 9.59 Å². The van der Waals surface area contributed by atoms with Gasteiger partial charge in [0.05, 0.1) is 22.4 Å². The Bertz CT molecular complexity index is 987. The number of nitrogens with one attached hydrogen (secondary N) is 3. The number of carbonyl (C=O) groups is 2. The van der Waals surface area contributed by atoms with E-state index in [1.807, 2.05) is 6.92 Å². The molecule has 0 unspecified atom stereocenters. The molecule has 1 heterocycles. The molecule has 2 aromatic rings. The lowest BCUT2D eigenvalue weighted by atomic mass is 10.0. The third-order valence-corrected chi connectivity index (χ3v) is 5.94. The number of methoxy groups -OCH3 is 1. The zero-order chi connectivity index (χ0) is 24.0. The van der Waals surface area contributed by atoms with Crippen LogP contribution in [0, 0.1) is 5.92 Å². The fourth-order valence-corrected chi connectivity index (χ4v) is 3.76. The molecule has 178 valence electrons. The molecular weight excluding hydrogens is 444 g/mol. The van der Waals surface area contributed by atoms with E-state index in [-0.39, 0.29) is 24.0 Å². The largest absolute Gasteiger partial charge is 0.491 e. The highest BCUT2D eigenvalue weighted by molar-refractivity contribution is 6.33. The minimum absolute atomic E-state index is 0.0604. The highest BCUT2D eigenvalue weighted by Crippen LogP contribution is 2.27. The number of benzene rings is 2. The number of anilines is 2. The molecule has 0 aliphatic carbocycles. The maximum absolute atomic E-state index is 13.2. The number of rotatable bonds is 3. The van der Waals surface area contributed by atoms with Gasteiger partial charge in [0.2, 0.25) is 0 Å². The lowest BCUT2D eigenvalue weighted by Gasteiger charge is -2.30. The first-order valence-electron chi connectivity index (χ1n) is 10.9. The van der Waals surface area contributed by atoms with Gasteiger partial charge in [0, 0.05) is 45.0 Å². The van der Waals surface area contributed by atoms with Gasteiger partial charge in [-0.05, 0) is 37.1 Å². The topological polar surface area (TPSA) is 91.9 Å². The van der Waals surface area contributed by atoms with Gasteiger partial charge in [0.1, 0.15) is 12.4 Å². The Hall–Kier alpha value is -2.81. The summed E-state index contributed by atoms with van der Waals surface area (Å²) in [6.45, 7) is 5.67. The van der Waals surface area contributed by atoms with Crippen LogP contribution in [0.5, 0.6) is 5.75 Å². The van der Waals surface area contributed by atoms with Crippen molar-refractivity contribution in [3.63, 3.8) is 0 Å². The number of hydrogen-bond donors (Lipinski definition) is 3. The van der Waals surface area contributed by atoms with Crippen molar-refractivity contribution in [2.45, 2.75) is 26.0 Å². The molecule has 0 bridgehead atoms. The van der Waals surface area contributed by atoms with Crippen molar-refractivity contribution in [3.05, 3.63) is 53.1 Å². The summed E-state index contributed by atoms with van der Waals surface area (Å²) in [6, 6.07) is 11.6. The van der Waals surface area contributed by atoms with Gasteiger partial charge in [0.25, 0.3) is 5.91 Å². The Balaban J connectivity index is 1.81. The van der Waals surface area contributed by atoms with Crippen LogP contribution in [0.1, 0.15) is 24.2 Å². The molecule has 3 N–H and O–H groups in total. The van der Waals surface area contributed by atoms with Gasteiger partial charge < -0.3 is 30.3 Å². The molecule has 3 rings (SSSR count). The van der Waals surface area contributed by atoms with Crippen LogP contribution in [0.15, 0.2) is 42.5 Å². The van der Waals surface area contributed by atoms with E-state index in [0.29, 0.717) is 40.9 Å². The molecule has 8 nitrogen and oxygen atoms in total. The number of nitrogens with zero attached hydrogens (tertiary/aromatic N) is 1. The van der Waals surface area contributed by atoms with E-state index < -0.39 is 6.03 Å². The van der Waals surface area contributed by atoms with Gasteiger partial charge in [-0.3, -0.25) is 4.79 Å². The lowest BCUT2D eigenvalue weighted by molar-refractivity contribution is 0.0281. The molecule has 1 aliphatic heterocycles. The normalized spacial score (nSPS) is 21.8. The number of likely N-dealkylation sites (N-methyl/N-ethyl adjacent to an activating group) is 1. The molecule has 0 spiro atoms. The number of amides is 3. The van der Waals surface area contributed by atoms with Gasteiger partial charge >= 0.3 is 6.03 Å². The minimum atomic E-state index is -0.452. The molecule has 3 atom stereocenters. The fraction of sp³-hybridized carbons (Fsp3) is 0.417. The second kappa shape index (κ2) is 11.4. The van der Waals surface area contributed by atoms with Crippen LogP contribution in [0.3, 0.4) is 0 Å². The van der Waals surface area contributed by atoms with Crippen molar-refractivity contribution in [2.24, 2.45) is 5.92 Å². The summed E-state index contributed by atoms with van der Waals surface area (Å²) in [5.41, 5.74) is 1.41. The van der Waals surface area contributed by atoms with Crippen molar-refractivity contribution in [3.8, 4) is 5.75 Å². The third-order valence-electron chi connectivity index (χ3n) is 5.61. The van der Waals surface area contributed by atoms with Gasteiger partial charge in [0.15, 0.2) is 0 Å². The number of para-hydroxylation sites is 1. The van der Waals surface area contributed by atoms with E-state index >= 15 is 0 Å². The Morgan fingerprint density at radius 2 is 1.97 bits per heavy atom. The molecular formula is C24H31ClN4O4. The number of carbonyl (C=O) groups excluding carboxylic acids is 2. The predicted molar refractivity (Wildman–Crippen MR) is 130 cm³/mol. The highest BCUT2D eigenvalue weighted by Gasteiger charge is 2.25. The molecule has 0 saturated heterocycles. The third kappa shape index (κ3) is 6.60. The van der Waals surface area contributed by atoms with Crippen LogP contribution in [0.4, 0.5) is 16.2 Å². The molecule has 0 aromatic heterocycles. The number of fused-ring (bicyclic) bond motifs is 1. The van der Waals surface area contributed by atoms with Crippen LogP contribution in [-0.2, 0) is 4.74 Å². The van der Waals surface area contributed by atoms with E-state index in [2.05, 4.69) is 22.9 Å². The smallest absolute Gasteiger partial charge is 0.323 e. The monoisotopic (exact) mass is 474 g/mol. The molecule has 2 aromatic carbocycles. The average Bonchev–Trinajstić information content (AvgIpc) is 2.80. The maximum atomic E-state index is 13.2. The molecule has 33 heavy (non-hydrogen) atoms. The summed E-state index contributed by atoms with van der Waals surface area (Å²) in [5.74, 6) is 0.445. The van der Waals surface area contributed by atoms with E-state index in [0.717, 1.165) is 6.54 Å². The fourth-order valence-electron chi connectivity index (χ4n) is 3.58. The first-order chi connectivity index (χ1) is 15.8. The summed E-state index contributed by atoms with van der Waals surface area (Å²) in [7, 11) is 3.41. The predicted octanol–water partition coefficient (Wildman–Crippen LogP) is 4.08. The number of urea groups is 1. The second-order valence-corrected chi connectivity index (χ2v) is 8.73. The Morgan fingerprint density at radius 3 is 2.70 bits per heavy atom. The standard InChI is InChI=1S/C24H31ClN4O4/c1-15-12-26-16(2)14-33-21-11-17(27-24(31)28-20-8-6-5-7-19(20)25)9-10-18(21)23(30)29(3)13-22(15)32-4/h5-11,15-16,22,26H,12-14H2,1-4H3,(H2,27,28,31)/t15-,16+,22+/m1/s1. The second-order valence-electron chi connectivity index (χ2n) is 8.33. The van der Waals surface area contributed by atoms with Crippen LogP contribution in [0.25, 0.3) is 0 Å². The van der Waals surface area contributed by atoms with Gasteiger partial charge in [-0.2, -0.15) is 0 Å². The van der Waals surface area contributed by atoms with Crippen LogP contribution in [-0.4, -0.2) is 62.8 Å². The van der Waals surface area contributed by atoms with Crippen molar-refractivity contribution < 1.29 is 19.1 Å². The molecule has 0 saturated carbocycles. The molecule has 0 fully saturated rings. The SMILES string of the molecule is CO[C@H]1CN(C)C(=O)c2ccc(NC(=O)Nc3ccccc3Cl)cc2OC[C@H](C)NC[C@H]1C. The summed E-state index contributed by atoms with van der Waals surface area (Å²) < 4.78 is 11.6. The molecule has 9 heteroatoms. The lowest BCUT2D eigenvalue weighted by Crippen LogP contribution is -2.44. The first-order valence-corrected chi connectivity index (χ1v) is 11.3. The average molecular weight is 475 g/mol. The summed E-state index contributed by atoms with van der Waals surface area (Å²) in [6.07, 6.45) is -0.100. The van der Waals surface area contributed by atoms with Gasteiger partial charge in [-0.1, -0.05) is 30.7 Å². The van der Waals surface area contributed by atoms with Crippen molar-refractivity contribution >= 4 is 34.9 Å². The Morgan fingerprint density at radius 1 is 1.21 bits per heavy atom. The number of ether oxygens (including phenoxy) is 2. The summed E-state index contributed by atoms with van der Waals surface area (Å²) >= 11 is 6.11. The van der Waals surface area contributed by atoms with Gasteiger partial charge in [-0.25, -0.2) is 4.79 Å². The number of halogens is 1. The molecule has 1 aliphatic rings.